The largest absolute Gasteiger partial charge is 0.507 e. The first-order chi connectivity index (χ1) is 14.1. The van der Waals surface area contributed by atoms with Crippen molar-refractivity contribution in [3.63, 3.8) is 0 Å². The van der Waals surface area contributed by atoms with Crippen molar-refractivity contribution in [2.45, 2.75) is 26.3 Å². The summed E-state index contributed by atoms with van der Waals surface area (Å²) < 4.78 is 16.9. The highest BCUT2D eigenvalue weighted by Crippen LogP contribution is 2.32. The number of para-hydroxylation sites is 2. The van der Waals surface area contributed by atoms with Gasteiger partial charge < -0.3 is 23.9 Å². The molecular formula is C23H26NO5+. The third kappa shape index (κ3) is 3.93. The summed E-state index contributed by atoms with van der Waals surface area (Å²) in [7, 11) is 1.55. The van der Waals surface area contributed by atoms with Crippen LogP contribution in [0.3, 0.4) is 0 Å². The van der Waals surface area contributed by atoms with Gasteiger partial charge in [0, 0.05) is 0 Å². The number of benzene rings is 2. The monoisotopic (exact) mass is 396 g/mol. The molecule has 2 N–H and O–H groups in total. The number of fused-ring (bicyclic) bond motifs is 1. The van der Waals surface area contributed by atoms with E-state index >= 15 is 0 Å². The number of hydrogen-bond acceptors (Lipinski definition) is 5. The van der Waals surface area contributed by atoms with E-state index in [1.165, 1.54) is 24.0 Å². The van der Waals surface area contributed by atoms with Crippen LogP contribution in [0, 0.1) is 5.92 Å². The Morgan fingerprint density at radius 1 is 1.10 bits per heavy atom. The summed E-state index contributed by atoms with van der Waals surface area (Å²) in [6.07, 6.45) is 3.65. The minimum atomic E-state index is -0.277. The molecular weight excluding hydrogens is 370 g/mol. The van der Waals surface area contributed by atoms with Crippen LogP contribution in [0.5, 0.6) is 23.0 Å². The fourth-order valence-electron chi connectivity index (χ4n) is 3.89. The molecule has 2 heterocycles. The molecule has 0 unspecified atom stereocenters. The van der Waals surface area contributed by atoms with E-state index in [4.69, 9.17) is 13.9 Å². The molecule has 152 valence electrons. The van der Waals surface area contributed by atoms with Crippen LogP contribution in [0.4, 0.5) is 0 Å². The summed E-state index contributed by atoms with van der Waals surface area (Å²) in [6, 6.07) is 10.3. The van der Waals surface area contributed by atoms with Gasteiger partial charge in [0.05, 0.1) is 31.1 Å². The van der Waals surface area contributed by atoms with Gasteiger partial charge in [-0.15, -0.1) is 0 Å². The lowest BCUT2D eigenvalue weighted by Gasteiger charge is -2.27. The van der Waals surface area contributed by atoms with Crippen LogP contribution in [0.2, 0.25) is 0 Å². The molecule has 1 aliphatic rings. The third-order valence-corrected chi connectivity index (χ3v) is 5.69. The van der Waals surface area contributed by atoms with Gasteiger partial charge in [0.25, 0.3) is 0 Å². The van der Waals surface area contributed by atoms with Crippen molar-refractivity contribution in [3.05, 3.63) is 58.4 Å². The summed E-state index contributed by atoms with van der Waals surface area (Å²) >= 11 is 0. The van der Waals surface area contributed by atoms with Gasteiger partial charge in [0.15, 0.2) is 17.1 Å². The minimum Gasteiger partial charge on any atom is -0.507 e. The summed E-state index contributed by atoms with van der Waals surface area (Å²) in [5, 5.41) is 10.8. The average Bonchev–Trinajstić information content (AvgIpc) is 2.74. The molecule has 6 nitrogen and oxygen atoms in total. The minimum absolute atomic E-state index is 0.0813. The Morgan fingerprint density at radius 2 is 1.83 bits per heavy atom. The fraction of sp³-hybridized carbons (Fsp3) is 0.348. The molecule has 1 fully saturated rings. The number of likely N-dealkylation sites (tertiary alicyclic amines) is 1. The number of rotatable bonds is 5. The molecule has 1 aliphatic heterocycles. The lowest BCUT2D eigenvalue weighted by Crippen LogP contribution is -3.11. The van der Waals surface area contributed by atoms with Crippen molar-refractivity contribution in [1.29, 1.82) is 0 Å². The Hall–Kier alpha value is -2.99. The molecule has 0 spiro atoms. The average molecular weight is 396 g/mol. The Bertz CT molecular complexity index is 1070. The van der Waals surface area contributed by atoms with Gasteiger partial charge >= 0.3 is 0 Å². The Balaban J connectivity index is 1.68. The number of ether oxygens (including phenoxy) is 2. The predicted molar refractivity (Wildman–Crippen MR) is 110 cm³/mol. The summed E-state index contributed by atoms with van der Waals surface area (Å²) in [4.78, 5) is 14.4. The van der Waals surface area contributed by atoms with Crippen LogP contribution in [-0.4, -0.2) is 25.3 Å². The summed E-state index contributed by atoms with van der Waals surface area (Å²) in [6.45, 7) is 5.01. The smallest absolute Gasteiger partial charge is 0.235 e. The van der Waals surface area contributed by atoms with E-state index in [1.54, 1.807) is 37.4 Å². The number of nitrogens with one attached hydrogen (secondary N) is 1. The number of quaternary nitrogens is 1. The zero-order chi connectivity index (χ0) is 20.4. The van der Waals surface area contributed by atoms with Gasteiger partial charge in [0.2, 0.25) is 11.2 Å². The van der Waals surface area contributed by atoms with Crippen LogP contribution < -0.4 is 19.8 Å². The van der Waals surface area contributed by atoms with Gasteiger partial charge in [-0.2, -0.15) is 0 Å². The zero-order valence-corrected chi connectivity index (χ0v) is 16.7. The number of hydrogen-bond donors (Lipinski definition) is 2. The van der Waals surface area contributed by atoms with Crippen LogP contribution in [0.1, 0.15) is 25.3 Å². The first-order valence-corrected chi connectivity index (χ1v) is 9.97. The number of phenols is 1. The highest BCUT2D eigenvalue weighted by Gasteiger charge is 2.23. The molecule has 1 saturated heterocycles. The van der Waals surface area contributed by atoms with Crippen molar-refractivity contribution in [3.8, 4) is 23.0 Å². The molecule has 3 aromatic rings. The topological polar surface area (TPSA) is 73.3 Å². The molecule has 6 heteroatoms. The van der Waals surface area contributed by atoms with Gasteiger partial charge in [-0.25, -0.2) is 0 Å². The molecule has 29 heavy (non-hydrogen) atoms. The highest BCUT2D eigenvalue weighted by molar-refractivity contribution is 5.82. The van der Waals surface area contributed by atoms with E-state index in [-0.39, 0.29) is 16.9 Å². The molecule has 0 atom stereocenters. The summed E-state index contributed by atoms with van der Waals surface area (Å²) in [5.41, 5.74) is 0.821. The SMILES string of the molecule is COc1ccccc1Oc1coc2c(C[NH+]3CCC(C)CC3)c(O)ccc2c1=O. The van der Waals surface area contributed by atoms with Crippen molar-refractivity contribution in [2.24, 2.45) is 5.92 Å². The van der Waals surface area contributed by atoms with Gasteiger partial charge in [0.1, 0.15) is 18.6 Å². The zero-order valence-electron chi connectivity index (χ0n) is 16.7. The maximum Gasteiger partial charge on any atom is 0.235 e. The molecule has 2 aromatic carbocycles. The second-order valence-electron chi connectivity index (χ2n) is 7.73. The van der Waals surface area contributed by atoms with Crippen molar-refractivity contribution in [1.82, 2.24) is 0 Å². The Labute approximate surface area is 169 Å². The predicted octanol–water partition coefficient (Wildman–Crippen LogP) is 3.11. The van der Waals surface area contributed by atoms with Gasteiger partial charge in [-0.05, 0) is 43.0 Å². The molecule has 0 radical (unpaired) electrons. The van der Waals surface area contributed by atoms with Crippen LogP contribution in [-0.2, 0) is 6.54 Å². The number of piperidine rings is 1. The number of phenolic OH excluding ortho intramolecular Hbond substituents is 1. The lowest BCUT2D eigenvalue weighted by molar-refractivity contribution is -0.919. The highest BCUT2D eigenvalue weighted by atomic mass is 16.5. The second kappa shape index (κ2) is 8.17. The molecule has 1 aromatic heterocycles. The lowest BCUT2D eigenvalue weighted by atomic mass is 9.98. The van der Waals surface area contributed by atoms with E-state index in [0.717, 1.165) is 19.0 Å². The second-order valence-corrected chi connectivity index (χ2v) is 7.73. The first-order valence-electron chi connectivity index (χ1n) is 9.97. The van der Waals surface area contributed by atoms with E-state index < -0.39 is 0 Å². The van der Waals surface area contributed by atoms with Crippen molar-refractivity contribution < 1.29 is 23.9 Å². The van der Waals surface area contributed by atoms with Gasteiger partial charge in [-0.1, -0.05) is 19.1 Å². The van der Waals surface area contributed by atoms with Gasteiger partial charge in [-0.3, -0.25) is 4.79 Å². The van der Waals surface area contributed by atoms with Crippen LogP contribution in [0.25, 0.3) is 11.0 Å². The molecule has 4 rings (SSSR count). The van der Waals surface area contributed by atoms with E-state index in [0.29, 0.717) is 34.6 Å². The number of aromatic hydroxyl groups is 1. The van der Waals surface area contributed by atoms with E-state index in [9.17, 15) is 9.90 Å². The Kier molecular flexibility index (Phi) is 5.45. The maximum absolute atomic E-state index is 13.0. The quantitative estimate of drug-likeness (QED) is 0.693. The fourth-order valence-corrected chi connectivity index (χ4v) is 3.89. The molecule has 0 amide bonds. The normalized spacial score (nSPS) is 19.2. The molecule has 0 aliphatic carbocycles. The number of methoxy groups -OCH3 is 1. The molecule has 0 saturated carbocycles. The summed E-state index contributed by atoms with van der Waals surface area (Å²) in [5.74, 6) is 1.95. The van der Waals surface area contributed by atoms with Crippen LogP contribution >= 0.6 is 0 Å². The third-order valence-electron chi connectivity index (χ3n) is 5.69. The standard InChI is InChI=1S/C23H25NO5/c1-15-9-11-24(12-10-15)13-17-18(25)8-7-16-22(26)21(14-28-23(16)17)29-20-6-4-3-5-19(20)27-2/h3-8,14-15,25H,9-13H2,1-2H3/p+1. The molecule has 0 bridgehead atoms. The first kappa shape index (κ1) is 19.3. The van der Waals surface area contributed by atoms with Crippen LogP contribution in [0.15, 0.2) is 51.9 Å². The Morgan fingerprint density at radius 3 is 2.55 bits per heavy atom. The van der Waals surface area contributed by atoms with E-state index in [2.05, 4.69) is 6.92 Å². The maximum atomic E-state index is 13.0. The van der Waals surface area contributed by atoms with E-state index in [1.807, 2.05) is 6.07 Å². The van der Waals surface area contributed by atoms with Crippen molar-refractivity contribution in [2.75, 3.05) is 20.2 Å². The van der Waals surface area contributed by atoms with Crippen molar-refractivity contribution >= 4 is 11.0 Å².